The summed E-state index contributed by atoms with van der Waals surface area (Å²) in [6.07, 6.45) is 1.65. The average molecular weight is 524 g/mol. The minimum absolute atomic E-state index is 0.172. The van der Waals surface area contributed by atoms with E-state index in [1.54, 1.807) is 35.1 Å². The number of anilines is 2. The van der Waals surface area contributed by atoms with E-state index in [1.807, 2.05) is 24.8 Å². The van der Waals surface area contributed by atoms with Gasteiger partial charge in [-0.1, -0.05) is 18.2 Å². The van der Waals surface area contributed by atoms with Gasteiger partial charge in [0.25, 0.3) is 0 Å². The van der Waals surface area contributed by atoms with Gasteiger partial charge in [-0.15, -0.1) is 0 Å². The molecule has 37 heavy (non-hydrogen) atoms. The Hall–Kier alpha value is -3.61. The van der Waals surface area contributed by atoms with Crippen molar-refractivity contribution in [1.29, 1.82) is 0 Å². The maximum absolute atomic E-state index is 14.4. The van der Waals surface area contributed by atoms with Gasteiger partial charge in [-0.2, -0.15) is 15.7 Å². The normalized spacial score (nSPS) is 19.1. The first-order valence-electron chi connectivity index (χ1n) is 11.9. The Morgan fingerprint density at radius 2 is 1.86 bits per heavy atom. The van der Waals surface area contributed by atoms with Gasteiger partial charge in [0.15, 0.2) is 11.5 Å². The van der Waals surface area contributed by atoms with Gasteiger partial charge in [-0.05, 0) is 32.0 Å². The van der Waals surface area contributed by atoms with Crippen molar-refractivity contribution in [1.82, 2.24) is 24.7 Å². The predicted octanol–water partition coefficient (Wildman–Crippen LogP) is 3.88. The van der Waals surface area contributed by atoms with Crippen LogP contribution >= 0.6 is 10.6 Å². The van der Waals surface area contributed by atoms with Crippen molar-refractivity contribution in [2.45, 2.75) is 25.8 Å². The molecule has 1 saturated heterocycles. The molecule has 10 nitrogen and oxygen atoms in total. The maximum Gasteiger partial charge on any atom is 0.235 e. The molecule has 0 aliphatic carbocycles. The van der Waals surface area contributed by atoms with Gasteiger partial charge in [0.2, 0.25) is 5.91 Å². The van der Waals surface area contributed by atoms with Crippen molar-refractivity contribution in [3.05, 3.63) is 59.5 Å². The van der Waals surface area contributed by atoms with E-state index >= 15 is 0 Å². The molecule has 6 rings (SSSR count). The highest BCUT2D eigenvalue weighted by Gasteiger charge is 2.44. The summed E-state index contributed by atoms with van der Waals surface area (Å²) in [5, 5.41) is 8.32. The zero-order valence-corrected chi connectivity index (χ0v) is 21.2. The van der Waals surface area contributed by atoms with Crippen molar-refractivity contribution >= 4 is 39.2 Å². The number of hydrogen-bond acceptors (Lipinski definition) is 8. The van der Waals surface area contributed by atoms with Gasteiger partial charge in [0.05, 0.1) is 34.4 Å². The molecule has 5 heterocycles. The van der Waals surface area contributed by atoms with Crippen LogP contribution in [0.3, 0.4) is 0 Å². The van der Waals surface area contributed by atoms with E-state index in [-0.39, 0.29) is 29.8 Å². The molecule has 2 aliphatic heterocycles. The molecule has 0 bridgehead atoms. The number of carbonyl (C=O) groups is 1. The summed E-state index contributed by atoms with van der Waals surface area (Å²) in [5.41, 5.74) is 1.30. The molecule has 3 N–H and O–H groups in total. The van der Waals surface area contributed by atoms with Gasteiger partial charge < -0.3 is 10.2 Å². The van der Waals surface area contributed by atoms with Gasteiger partial charge in [0, 0.05) is 24.8 Å². The van der Waals surface area contributed by atoms with Gasteiger partial charge in [-0.3, -0.25) is 13.9 Å². The molecular weight excluding hydrogens is 497 g/mol. The number of amides is 1. The fourth-order valence-electron chi connectivity index (χ4n) is 4.84. The average Bonchev–Trinajstić information content (AvgIpc) is 3.34. The third-order valence-corrected chi connectivity index (χ3v) is 8.66. The summed E-state index contributed by atoms with van der Waals surface area (Å²) < 4.78 is 36.3. The van der Waals surface area contributed by atoms with Crippen molar-refractivity contribution in [3.8, 4) is 11.5 Å². The standard InChI is InChI=1S/C25H26FN7O3S/c1-25(2)18-20(30-24(25)34)28-21(29-23(18)32-10-12-37(35,36)13-11-32)19-16-7-5-9-27-22(16)33(31-19)14-15-6-3-4-8-17(15)26/h3-9,35-36H,10-14H2,1-2H3,(H,28,29,30,34). The lowest BCUT2D eigenvalue weighted by atomic mass is 9.87. The SMILES string of the molecule is CC1(C)C(=O)Nc2nc(-c3nn(Cc4ccccc4F)c4ncccc34)nc(N3CCS(O)(O)CC3)c21. The van der Waals surface area contributed by atoms with E-state index in [4.69, 9.17) is 15.1 Å². The van der Waals surface area contributed by atoms with Crippen LogP contribution in [0, 0.1) is 5.82 Å². The Bertz CT molecular complexity index is 1540. The second kappa shape index (κ2) is 8.47. The Balaban J connectivity index is 1.50. The monoisotopic (exact) mass is 523 g/mol. The first-order chi connectivity index (χ1) is 17.6. The molecule has 3 aromatic heterocycles. The van der Waals surface area contributed by atoms with Crippen molar-refractivity contribution in [3.63, 3.8) is 0 Å². The summed E-state index contributed by atoms with van der Waals surface area (Å²) in [4.78, 5) is 28.9. The minimum atomic E-state index is -2.62. The van der Waals surface area contributed by atoms with Crippen LogP contribution in [0.5, 0.6) is 0 Å². The Kier molecular flexibility index (Phi) is 5.44. The lowest BCUT2D eigenvalue weighted by Crippen LogP contribution is -2.40. The third-order valence-electron chi connectivity index (χ3n) is 6.99. The molecular formula is C25H26FN7O3S. The molecule has 1 aromatic carbocycles. The van der Waals surface area contributed by atoms with Gasteiger partial charge in [0.1, 0.15) is 23.1 Å². The van der Waals surface area contributed by atoms with Crippen LogP contribution in [0.1, 0.15) is 25.0 Å². The number of hydrogen-bond donors (Lipinski definition) is 3. The number of carbonyl (C=O) groups excluding carboxylic acids is 1. The van der Waals surface area contributed by atoms with Crippen molar-refractivity contribution in [2.75, 3.05) is 34.8 Å². The Morgan fingerprint density at radius 1 is 1.11 bits per heavy atom. The highest BCUT2D eigenvalue weighted by Crippen LogP contribution is 2.46. The van der Waals surface area contributed by atoms with Gasteiger partial charge >= 0.3 is 0 Å². The fourth-order valence-corrected chi connectivity index (χ4v) is 6.07. The van der Waals surface area contributed by atoms with E-state index in [0.717, 1.165) is 0 Å². The molecule has 0 radical (unpaired) electrons. The van der Waals surface area contributed by atoms with Crippen LogP contribution < -0.4 is 10.2 Å². The number of nitrogens with one attached hydrogen (secondary N) is 1. The highest BCUT2D eigenvalue weighted by atomic mass is 32.3. The summed E-state index contributed by atoms with van der Waals surface area (Å²) >= 11 is 0. The van der Waals surface area contributed by atoms with E-state index in [2.05, 4.69) is 10.3 Å². The summed E-state index contributed by atoms with van der Waals surface area (Å²) in [6, 6.07) is 10.2. The number of halogens is 1. The molecule has 192 valence electrons. The number of fused-ring (bicyclic) bond motifs is 2. The number of rotatable bonds is 4. The van der Waals surface area contributed by atoms with Gasteiger partial charge in [-0.25, -0.2) is 24.0 Å². The fraction of sp³-hybridized carbons (Fsp3) is 0.320. The van der Waals surface area contributed by atoms with Crippen molar-refractivity contribution < 1.29 is 18.3 Å². The number of nitrogens with zero attached hydrogens (tertiary/aromatic N) is 6. The lowest BCUT2D eigenvalue weighted by Gasteiger charge is -2.42. The van der Waals surface area contributed by atoms with Crippen molar-refractivity contribution in [2.24, 2.45) is 0 Å². The maximum atomic E-state index is 14.4. The molecule has 0 atom stereocenters. The highest BCUT2D eigenvalue weighted by molar-refractivity contribution is 8.24. The van der Waals surface area contributed by atoms with Crippen LogP contribution in [0.25, 0.3) is 22.6 Å². The first kappa shape index (κ1) is 23.8. The van der Waals surface area contributed by atoms with Crippen LogP contribution in [-0.2, 0) is 16.8 Å². The zero-order valence-electron chi connectivity index (χ0n) is 20.3. The quantitative estimate of drug-likeness (QED) is 0.368. The van der Waals surface area contributed by atoms with E-state index < -0.39 is 16.0 Å². The van der Waals surface area contributed by atoms with Crippen LogP contribution in [0.2, 0.25) is 0 Å². The number of benzene rings is 1. The van der Waals surface area contributed by atoms with E-state index in [0.29, 0.717) is 58.4 Å². The zero-order chi connectivity index (χ0) is 25.9. The first-order valence-corrected chi connectivity index (χ1v) is 13.8. The van der Waals surface area contributed by atoms with Crippen LogP contribution in [0.4, 0.5) is 16.0 Å². The lowest BCUT2D eigenvalue weighted by molar-refractivity contribution is -0.119. The van der Waals surface area contributed by atoms with E-state index in [9.17, 15) is 18.3 Å². The van der Waals surface area contributed by atoms with E-state index in [1.165, 1.54) is 6.07 Å². The summed E-state index contributed by atoms with van der Waals surface area (Å²) in [7, 11) is -2.62. The van der Waals surface area contributed by atoms with Crippen LogP contribution in [-0.4, -0.2) is 64.3 Å². The molecule has 0 saturated carbocycles. The predicted molar refractivity (Wildman–Crippen MR) is 141 cm³/mol. The second-order valence-electron chi connectivity index (χ2n) is 9.84. The topological polar surface area (TPSA) is 129 Å². The molecule has 1 amide bonds. The number of aromatic nitrogens is 5. The van der Waals surface area contributed by atoms with Crippen LogP contribution in [0.15, 0.2) is 42.6 Å². The smallest absolute Gasteiger partial charge is 0.235 e. The molecule has 12 heteroatoms. The third kappa shape index (κ3) is 4.01. The minimum Gasteiger partial charge on any atom is -0.353 e. The number of pyridine rings is 1. The summed E-state index contributed by atoms with van der Waals surface area (Å²) in [6.45, 7) is 4.59. The molecule has 4 aromatic rings. The molecule has 1 fully saturated rings. The second-order valence-corrected chi connectivity index (χ2v) is 12.3. The largest absolute Gasteiger partial charge is 0.353 e. The Morgan fingerprint density at radius 3 is 2.62 bits per heavy atom. The Labute approximate surface area is 213 Å². The molecule has 0 spiro atoms. The molecule has 0 unspecified atom stereocenters. The summed E-state index contributed by atoms with van der Waals surface area (Å²) in [5.74, 6) is 1.22. The molecule has 2 aliphatic rings.